The van der Waals surface area contributed by atoms with E-state index in [1.807, 2.05) is 37.6 Å². The fraction of sp³-hybridized carbons (Fsp3) is 0.520. The summed E-state index contributed by atoms with van der Waals surface area (Å²) in [4.78, 5) is 14.5. The summed E-state index contributed by atoms with van der Waals surface area (Å²) in [7, 11) is 4.07. The maximum absolute atomic E-state index is 4.77. The van der Waals surface area contributed by atoms with Gasteiger partial charge in [-0.1, -0.05) is 19.1 Å². The molecule has 0 amide bonds. The molecule has 0 atom stereocenters. The predicted octanol–water partition coefficient (Wildman–Crippen LogP) is 5.33. The molecule has 0 aliphatic heterocycles. The highest BCUT2D eigenvalue weighted by atomic mass is 32.1. The Morgan fingerprint density at radius 1 is 0.935 bits per heavy atom. The van der Waals surface area contributed by atoms with Gasteiger partial charge in [0.05, 0.1) is 5.52 Å². The van der Waals surface area contributed by atoms with Gasteiger partial charge in [0, 0.05) is 42.3 Å². The van der Waals surface area contributed by atoms with Gasteiger partial charge in [0.25, 0.3) is 0 Å². The molecule has 2 heterocycles. The zero-order valence-electron chi connectivity index (χ0n) is 19.0. The smallest absolute Gasteiger partial charge is 0.225 e. The highest BCUT2D eigenvalue weighted by molar-refractivity contribution is 7.11. The van der Waals surface area contributed by atoms with Gasteiger partial charge in [-0.25, -0.2) is 4.98 Å². The summed E-state index contributed by atoms with van der Waals surface area (Å²) in [6, 6.07) is 12.8. The lowest BCUT2D eigenvalue weighted by Crippen LogP contribution is -2.28. The zero-order valence-corrected chi connectivity index (χ0v) is 19.8. The number of nitrogens with zero attached hydrogens (tertiary/aromatic N) is 3. The van der Waals surface area contributed by atoms with Crippen LogP contribution in [0.2, 0.25) is 0 Å². The van der Waals surface area contributed by atoms with Gasteiger partial charge in [0.2, 0.25) is 5.95 Å². The zero-order chi connectivity index (χ0) is 21.6. The molecule has 3 aromatic rings. The van der Waals surface area contributed by atoms with Crippen LogP contribution < -0.4 is 15.5 Å². The summed E-state index contributed by atoms with van der Waals surface area (Å²) >= 11 is 1.94. The average molecular weight is 438 g/mol. The number of thiophene rings is 1. The van der Waals surface area contributed by atoms with E-state index in [9.17, 15) is 0 Å². The largest absolute Gasteiger partial charge is 0.362 e. The SMILES string of the molecule is CCc1ccc(CNCC2CCC(CNc3nc(N(C)C)c4ccccc4n3)CC2)s1. The van der Waals surface area contributed by atoms with Crippen molar-refractivity contribution in [1.82, 2.24) is 15.3 Å². The second-order valence-corrected chi connectivity index (χ2v) is 10.2. The van der Waals surface area contributed by atoms with Gasteiger partial charge in [-0.2, -0.15) is 4.98 Å². The molecule has 2 aromatic heterocycles. The van der Waals surface area contributed by atoms with E-state index >= 15 is 0 Å². The summed E-state index contributed by atoms with van der Waals surface area (Å²) in [6.07, 6.45) is 6.33. The monoisotopic (exact) mass is 437 g/mol. The minimum absolute atomic E-state index is 0.707. The van der Waals surface area contributed by atoms with Crippen LogP contribution in [0.25, 0.3) is 10.9 Å². The van der Waals surface area contributed by atoms with Crippen LogP contribution in [-0.4, -0.2) is 37.2 Å². The summed E-state index contributed by atoms with van der Waals surface area (Å²) in [5.74, 6) is 3.23. The third kappa shape index (κ3) is 5.74. The van der Waals surface area contributed by atoms with Crippen LogP contribution in [-0.2, 0) is 13.0 Å². The van der Waals surface area contributed by atoms with Crippen molar-refractivity contribution in [2.75, 3.05) is 37.4 Å². The molecule has 0 radical (unpaired) electrons. The Labute approximate surface area is 190 Å². The summed E-state index contributed by atoms with van der Waals surface area (Å²) in [6.45, 7) is 5.34. The number of fused-ring (bicyclic) bond motifs is 1. The molecule has 1 aromatic carbocycles. The molecule has 4 rings (SSSR count). The number of aryl methyl sites for hydroxylation is 1. The summed E-state index contributed by atoms with van der Waals surface area (Å²) in [5.41, 5.74) is 0.996. The number of para-hydroxylation sites is 1. The molecule has 0 bridgehead atoms. The Bertz CT molecular complexity index is 975. The van der Waals surface area contributed by atoms with Crippen molar-refractivity contribution in [3.05, 3.63) is 46.2 Å². The topological polar surface area (TPSA) is 53.1 Å². The van der Waals surface area contributed by atoms with Crippen molar-refractivity contribution in [3.63, 3.8) is 0 Å². The number of anilines is 2. The van der Waals surface area contributed by atoms with E-state index in [1.54, 1.807) is 0 Å². The molecule has 1 fully saturated rings. The summed E-state index contributed by atoms with van der Waals surface area (Å²) in [5, 5.41) is 8.31. The highest BCUT2D eigenvalue weighted by Crippen LogP contribution is 2.29. The maximum Gasteiger partial charge on any atom is 0.225 e. The number of aromatic nitrogens is 2. The average Bonchev–Trinajstić information content (AvgIpc) is 3.26. The normalized spacial score (nSPS) is 18.9. The molecule has 0 spiro atoms. The Balaban J connectivity index is 1.23. The molecule has 2 N–H and O–H groups in total. The predicted molar refractivity (Wildman–Crippen MR) is 133 cm³/mol. The minimum Gasteiger partial charge on any atom is -0.362 e. The van der Waals surface area contributed by atoms with Gasteiger partial charge in [-0.05, 0) is 74.8 Å². The van der Waals surface area contributed by atoms with Crippen LogP contribution in [0.5, 0.6) is 0 Å². The number of rotatable bonds is 9. The van der Waals surface area contributed by atoms with E-state index in [2.05, 4.69) is 46.7 Å². The van der Waals surface area contributed by atoms with Gasteiger partial charge in [0.1, 0.15) is 5.82 Å². The van der Waals surface area contributed by atoms with Crippen molar-refractivity contribution in [2.45, 2.75) is 45.6 Å². The van der Waals surface area contributed by atoms with E-state index in [0.717, 1.165) is 54.6 Å². The van der Waals surface area contributed by atoms with Crippen LogP contribution >= 0.6 is 11.3 Å². The molecule has 1 aliphatic rings. The molecule has 0 saturated heterocycles. The second-order valence-electron chi connectivity index (χ2n) is 8.90. The molecule has 1 saturated carbocycles. The van der Waals surface area contributed by atoms with E-state index in [1.165, 1.54) is 35.4 Å². The number of nitrogens with one attached hydrogen (secondary N) is 2. The third-order valence-electron chi connectivity index (χ3n) is 6.32. The Morgan fingerprint density at radius 3 is 2.35 bits per heavy atom. The molecule has 6 heteroatoms. The van der Waals surface area contributed by atoms with Crippen LogP contribution in [0.4, 0.5) is 11.8 Å². The van der Waals surface area contributed by atoms with E-state index in [-0.39, 0.29) is 0 Å². The fourth-order valence-electron chi connectivity index (χ4n) is 4.46. The van der Waals surface area contributed by atoms with Gasteiger partial charge in [-0.15, -0.1) is 11.3 Å². The second kappa shape index (κ2) is 10.4. The van der Waals surface area contributed by atoms with Gasteiger partial charge < -0.3 is 15.5 Å². The lowest BCUT2D eigenvalue weighted by Gasteiger charge is -2.29. The molecule has 5 nitrogen and oxygen atoms in total. The van der Waals surface area contributed by atoms with E-state index in [0.29, 0.717) is 5.92 Å². The number of hydrogen-bond acceptors (Lipinski definition) is 6. The van der Waals surface area contributed by atoms with Crippen LogP contribution in [0.3, 0.4) is 0 Å². The van der Waals surface area contributed by atoms with Crippen LogP contribution in [0, 0.1) is 11.8 Å². The van der Waals surface area contributed by atoms with Crippen molar-refractivity contribution in [2.24, 2.45) is 11.8 Å². The molecular weight excluding hydrogens is 402 g/mol. The Hall–Kier alpha value is -2.18. The number of benzene rings is 1. The lowest BCUT2D eigenvalue weighted by atomic mass is 9.82. The fourth-order valence-corrected chi connectivity index (χ4v) is 5.39. The molecular formula is C25H35N5S. The number of hydrogen-bond donors (Lipinski definition) is 2. The first-order valence-corrected chi connectivity index (χ1v) is 12.4. The first-order chi connectivity index (χ1) is 15.1. The minimum atomic E-state index is 0.707. The molecule has 31 heavy (non-hydrogen) atoms. The molecule has 1 aliphatic carbocycles. The standard InChI is InChI=1S/C25H35N5S/c1-4-20-13-14-21(31-20)17-26-15-18-9-11-19(12-10-18)16-27-25-28-23-8-6-5-7-22(23)24(29-25)30(2)3/h5-8,13-14,18-19,26H,4,9-12,15-17H2,1-3H3,(H,27,28,29). The maximum atomic E-state index is 4.77. The molecule has 0 unspecified atom stereocenters. The summed E-state index contributed by atoms with van der Waals surface area (Å²) < 4.78 is 0. The van der Waals surface area contributed by atoms with Crippen LogP contribution in [0.1, 0.15) is 42.4 Å². The van der Waals surface area contributed by atoms with Crippen LogP contribution in [0.15, 0.2) is 36.4 Å². The Morgan fingerprint density at radius 2 is 1.65 bits per heavy atom. The van der Waals surface area contributed by atoms with E-state index < -0.39 is 0 Å². The van der Waals surface area contributed by atoms with Crippen molar-refractivity contribution >= 4 is 34.0 Å². The van der Waals surface area contributed by atoms with Crippen molar-refractivity contribution in [1.29, 1.82) is 0 Å². The Kier molecular flexibility index (Phi) is 7.41. The van der Waals surface area contributed by atoms with Crippen molar-refractivity contribution in [3.8, 4) is 0 Å². The highest BCUT2D eigenvalue weighted by Gasteiger charge is 2.21. The van der Waals surface area contributed by atoms with Crippen molar-refractivity contribution < 1.29 is 0 Å². The molecule has 166 valence electrons. The van der Waals surface area contributed by atoms with E-state index in [4.69, 9.17) is 9.97 Å². The van der Waals surface area contributed by atoms with Gasteiger partial charge >= 0.3 is 0 Å². The lowest BCUT2D eigenvalue weighted by molar-refractivity contribution is 0.276. The van der Waals surface area contributed by atoms with Gasteiger partial charge in [0.15, 0.2) is 0 Å². The quantitative estimate of drug-likeness (QED) is 0.474. The first kappa shape index (κ1) is 22.0. The first-order valence-electron chi connectivity index (χ1n) is 11.6. The van der Waals surface area contributed by atoms with Gasteiger partial charge in [-0.3, -0.25) is 0 Å². The third-order valence-corrected chi connectivity index (χ3v) is 7.55.